The minimum Gasteiger partial charge on any atom is -0.300 e. The highest BCUT2D eigenvalue weighted by molar-refractivity contribution is 7.92. The van der Waals surface area contributed by atoms with Crippen molar-refractivity contribution in [1.29, 1.82) is 0 Å². The Hall–Kier alpha value is -0.760. The molecule has 2 unspecified atom stereocenters. The van der Waals surface area contributed by atoms with E-state index in [1.165, 1.54) is 0 Å². The molecule has 0 aromatic heterocycles. The zero-order chi connectivity index (χ0) is 23.9. The molecule has 8 heteroatoms. The summed E-state index contributed by atoms with van der Waals surface area (Å²) in [5, 5.41) is -1.27. The Morgan fingerprint density at radius 3 is 1.23 bits per heavy atom. The van der Waals surface area contributed by atoms with Crippen molar-refractivity contribution in [1.82, 2.24) is 0 Å². The minimum atomic E-state index is -3.27. The third-order valence-corrected chi connectivity index (χ3v) is 10.2. The number of rotatable bonds is 20. The Labute approximate surface area is 190 Å². The van der Waals surface area contributed by atoms with Gasteiger partial charge < -0.3 is 0 Å². The molecule has 0 radical (unpaired) electrons. The molecule has 0 aliphatic rings. The van der Waals surface area contributed by atoms with E-state index in [1.54, 1.807) is 13.8 Å². The van der Waals surface area contributed by atoms with E-state index < -0.39 is 30.2 Å². The number of Topliss-reactive ketones (excluding diaryl/α,β-unsaturated/α-hetero) is 2. The van der Waals surface area contributed by atoms with Crippen molar-refractivity contribution >= 4 is 31.2 Å². The molecule has 6 nitrogen and oxygen atoms in total. The number of unbranched alkanes of at least 4 members (excludes halogenated alkanes) is 6. The Morgan fingerprint density at radius 1 is 0.581 bits per heavy atom. The Morgan fingerprint density at radius 2 is 0.903 bits per heavy atom. The molecule has 0 spiro atoms. The van der Waals surface area contributed by atoms with Crippen molar-refractivity contribution < 1.29 is 26.4 Å². The third kappa shape index (κ3) is 14.1. The maximum Gasteiger partial charge on any atom is 0.153 e. The molecule has 0 saturated carbocycles. The molecule has 0 N–H and O–H groups in total. The Bertz CT molecular complexity index is 663. The molecular formula is C23H44O6S2. The zero-order valence-corrected chi connectivity index (χ0v) is 21.7. The van der Waals surface area contributed by atoms with Gasteiger partial charge >= 0.3 is 0 Å². The van der Waals surface area contributed by atoms with Crippen LogP contribution in [0.5, 0.6) is 0 Å². The van der Waals surface area contributed by atoms with E-state index in [4.69, 9.17) is 0 Å². The lowest BCUT2D eigenvalue weighted by Gasteiger charge is -2.13. The lowest BCUT2D eigenvalue weighted by Crippen LogP contribution is -2.24. The molecular weight excluding hydrogens is 436 g/mol. The fourth-order valence-electron chi connectivity index (χ4n) is 3.39. The summed E-state index contributed by atoms with van der Waals surface area (Å²) in [5.41, 5.74) is 0. The maximum absolute atomic E-state index is 12.3. The summed E-state index contributed by atoms with van der Waals surface area (Å²) in [7, 11) is -6.55. The van der Waals surface area contributed by atoms with E-state index in [9.17, 15) is 26.4 Å². The molecule has 184 valence electrons. The van der Waals surface area contributed by atoms with E-state index in [-0.39, 0.29) is 35.9 Å². The van der Waals surface area contributed by atoms with Gasteiger partial charge in [0.1, 0.15) is 11.6 Å². The fourth-order valence-corrected chi connectivity index (χ4v) is 6.28. The van der Waals surface area contributed by atoms with Gasteiger partial charge in [0.15, 0.2) is 19.7 Å². The smallest absolute Gasteiger partial charge is 0.153 e. The summed E-state index contributed by atoms with van der Waals surface area (Å²) in [5.74, 6) is 0.176. The van der Waals surface area contributed by atoms with Crippen molar-refractivity contribution in [2.24, 2.45) is 0 Å². The molecule has 0 heterocycles. The van der Waals surface area contributed by atoms with E-state index in [1.807, 2.05) is 13.8 Å². The van der Waals surface area contributed by atoms with Gasteiger partial charge in [-0.2, -0.15) is 0 Å². The van der Waals surface area contributed by atoms with Gasteiger partial charge in [0.05, 0.1) is 22.0 Å². The van der Waals surface area contributed by atoms with Gasteiger partial charge in [-0.15, -0.1) is 0 Å². The van der Waals surface area contributed by atoms with Crippen LogP contribution in [0.15, 0.2) is 0 Å². The standard InChI is InChI=1S/C23H44O6S2/c1-5-7-14-22(24)18-20(3)30(26,27)16-12-10-9-11-13-17-31(28,29)21(4)19-23(25)15-8-6-2/h20-21H,5-19H2,1-4H3. The lowest BCUT2D eigenvalue weighted by atomic mass is 10.1. The van der Waals surface area contributed by atoms with Crippen LogP contribution in [0.2, 0.25) is 0 Å². The number of carbonyl (C=O) groups excluding carboxylic acids is 2. The van der Waals surface area contributed by atoms with E-state index >= 15 is 0 Å². The molecule has 0 rings (SSSR count). The SMILES string of the molecule is CCCCC(=O)CC(C)S(=O)(=O)CCCCCCCS(=O)(=O)C(C)CC(=O)CCCC. The van der Waals surface area contributed by atoms with Gasteiger partial charge in [0.2, 0.25) is 0 Å². The summed E-state index contributed by atoms with van der Waals surface area (Å²) >= 11 is 0. The molecule has 2 atom stereocenters. The molecule has 0 amide bonds. The molecule has 0 fully saturated rings. The van der Waals surface area contributed by atoms with Gasteiger partial charge in [-0.1, -0.05) is 46.0 Å². The fraction of sp³-hybridized carbons (Fsp3) is 0.913. The first-order chi connectivity index (χ1) is 14.5. The van der Waals surface area contributed by atoms with E-state index in [0.717, 1.165) is 44.9 Å². The first kappa shape index (κ1) is 30.2. The first-order valence-corrected chi connectivity index (χ1v) is 15.4. The molecule has 0 aromatic carbocycles. The molecule has 0 aliphatic heterocycles. The number of sulfone groups is 2. The predicted molar refractivity (Wildman–Crippen MR) is 128 cm³/mol. The average molecular weight is 481 g/mol. The van der Waals surface area contributed by atoms with Crippen molar-refractivity contribution in [3.63, 3.8) is 0 Å². The largest absolute Gasteiger partial charge is 0.300 e. The van der Waals surface area contributed by atoms with E-state index in [2.05, 4.69) is 0 Å². The number of hydrogen-bond donors (Lipinski definition) is 0. The van der Waals surface area contributed by atoms with Crippen LogP contribution in [0, 0.1) is 0 Å². The second-order valence-corrected chi connectivity index (χ2v) is 13.9. The Balaban J connectivity index is 4.10. The highest BCUT2D eigenvalue weighted by Gasteiger charge is 2.24. The van der Waals surface area contributed by atoms with Crippen molar-refractivity contribution in [2.45, 2.75) is 122 Å². The van der Waals surface area contributed by atoms with Crippen LogP contribution in [-0.2, 0) is 29.3 Å². The van der Waals surface area contributed by atoms with Gasteiger partial charge in [0, 0.05) is 25.7 Å². The van der Waals surface area contributed by atoms with Crippen molar-refractivity contribution in [3.05, 3.63) is 0 Å². The van der Waals surface area contributed by atoms with Crippen molar-refractivity contribution in [2.75, 3.05) is 11.5 Å². The van der Waals surface area contributed by atoms with Crippen LogP contribution in [0.1, 0.15) is 111 Å². The number of carbonyl (C=O) groups is 2. The zero-order valence-electron chi connectivity index (χ0n) is 20.0. The summed E-state index contributed by atoms with van der Waals surface area (Å²) in [4.78, 5) is 23.6. The van der Waals surface area contributed by atoms with Gasteiger partial charge in [-0.25, -0.2) is 16.8 Å². The molecule has 0 aromatic rings. The Kier molecular flexibility index (Phi) is 15.6. The van der Waals surface area contributed by atoms with Crippen molar-refractivity contribution in [3.8, 4) is 0 Å². The quantitative estimate of drug-likeness (QED) is 0.231. The normalized spacial score (nSPS) is 14.3. The topological polar surface area (TPSA) is 102 Å². The molecule has 31 heavy (non-hydrogen) atoms. The third-order valence-electron chi connectivity index (χ3n) is 5.73. The summed E-state index contributed by atoms with van der Waals surface area (Å²) in [6.45, 7) is 7.22. The van der Waals surface area contributed by atoms with Crippen LogP contribution in [0.3, 0.4) is 0 Å². The minimum absolute atomic E-state index is 0.0143. The predicted octanol–water partition coefficient (Wildman–Crippen LogP) is 4.84. The highest BCUT2D eigenvalue weighted by atomic mass is 32.2. The summed E-state index contributed by atoms with van der Waals surface area (Å²) in [6.07, 6.45) is 7.82. The summed E-state index contributed by atoms with van der Waals surface area (Å²) < 4.78 is 49.3. The highest BCUT2D eigenvalue weighted by Crippen LogP contribution is 2.15. The van der Waals surface area contributed by atoms with Gasteiger partial charge in [0.25, 0.3) is 0 Å². The van der Waals surface area contributed by atoms with Gasteiger partial charge in [-0.3, -0.25) is 9.59 Å². The van der Waals surface area contributed by atoms with Crippen LogP contribution in [0.25, 0.3) is 0 Å². The molecule has 0 aliphatic carbocycles. The second kappa shape index (κ2) is 15.9. The average Bonchev–Trinajstić information content (AvgIpc) is 2.69. The van der Waals surface area contributed by atoms with Crippen LogP contribution in [0.4, 0.5) is 0 Å². The van der Waals surface area contributed by atoms with E-state index in [0.29, 0.717) is 25.7 Å². The van der Waals surface area contributed by atoms with Crippen LogP contribution < -0.4 is 0 Å². The first-order valence-electron chi connectivity index (χ1n) is 11.9. The monoisotopic (exact) mass is 480 g/mol. The maximum atomic E-state index is 12.3. The van der Waals surface area contributed by atoms with Crippen LogP contribution >= 0.6 is 0 Å². The molecule has 0 saturated heterocycles. The van der Waals surface area contributed by atoms with Crippen LogP contribution in [-0.4, -0.2) is 50.4 Å². The summed E-state index contributed by atoms with van der Waals surface area (Å²) in [6, 6.07) is 0. The van der Waals surface area contributed by atoms with Gasteiger partial charge in [-0.05, 0) is 39.5 Å². The second-order valence-electron chi connectivity index (χ2n) is 8.82. The molecule has 0 bridgehead atoms. The number of hydrogen-bond acceptors (Lipinski definition) is 6. The number of ketones is 2. The lowest BCUT2D eigenvalue weighted by molar-refractivity contribution is -0.119.